The maximum Gasteiger partial charge on any atom is 0.0556 e. The summed E-state index contributed by atoms with van der Waals surface area (Å²) in [5.74, 6) is 5.69. The van der Waals surface area contributed by atoms with Gasteiger partial charge in [-0.25, -0.2) is 0 Å². The fraction of sp³-hybridized carbons (Fsp3) is 0.714. The summed E-state index contributed by atoms with van der Waals surface area (Å²) < 4.78 is 0. The van der Waals surface area contributed by atoms with Crippen LogP contribution in [-0.2, 0) is 6.42 Å². The van der Waals surface area contributed by atoms with Gasteiger partial charge in [0.25, 0.3) is 0 Å². The summed E-state index contributed by atoms with van der Waals surface area (Å²) in [6.07, 6.45) is 8.90. The molecule has 1 unspecified atom stereocenters. The van der Waals surface area contributed by atoms with E-state index in [-0.39, 0.29) is 0 Å². The van der Waals surface area contributed by atoms with Crippen molar-refractivity contribution in [2.24, 2.45) is 5.84 Å². The molecule has 0 bridgehead atoms. The Morgan fingerprint density at radius 3 is 2.65 bits per heavy atom. The molecule has 1 heterocycles. The van der Waals surface area contributed by atoms with Gasteiger partial charge >= 0.3 is 0 Å². The van der Waals surface area contributed by atoms with Crippen LogP contribution in [0.15, 0.2) is 11.4 Å². The van der Waals surface area contributed by atoms with Gasteiger partial charge < -0.3 is 0 Å². The first-order chi connectivity index (χ1) is 8.33. The Balaban J connectivity index is 2.38. The van der Waals surface area contributed by atoms with Crippen LogP contribution in [-0.4, -0.2) is 0 Å². The van der Waals surface area contributed by atoms with Crippen molar-refractivity contribution in [3.8, 4) is 0 Å². The van der Waals surface area contributed by atoms with Gasteiger partial charge in [0.2, 0.25) is 0 Å². The molecule has 3 N–H and O–H groups in total. The van der Waals surface area contributed by atoms with Gasteiger partial charge in [0, 0.05) is 4.88 Å². The van der Waals surface area contributed by atoms with Gasteiger partial charge in [0.1, 0.15) is 0 Å². The number of thiophene rings is 1. The van der Waals surface area contributed by atoms with E-state index >= 15 is 0 Å². The highest BCUT2D eigenvalue weighted by molar-refractivity contribution is 7.10. The molecule has 0 aliphatic carbocycles. The van der Waals surface area contributed by atoms with E-state index in [1.54, 1.807) is 0 Å². The number of hydrogen-bond donors (Lipinski definition) is 2. The number of unbranched alkanes of at least 4 members (excludes halogenated alkanes) is 4. The minimum atomic E-state index is 0.353. The second-order valence-electron chi connectivity index (χ2n) is 4.59. The highest BCUT2D eigenvalue weighted by atomic mass is 32.1. The predicted molar refractivity (Wildman–Crippen MR) is 77.1 cm³/mol. The van der Waals surface area contributed by atoms with Crippen molar-refractivity contribution in [2.75, 3.05) is 0 Å². The van der Waals surface area contributed by atoms with E-state index in [0.29, 0.717) is 6.04 Å². The summed E-state index contributed by atoms with van der Waals surface area (Å²) in [5, 5.41) is 2.18. The maximum atomic E-state index is 5.69. The van der Waals surface area contributed by atoms with Crippen LogP contribution in [0.5, 0.6) is 0 Å². The molecule has 1 aromatic heterocycles. The Bertz CT molecular complexity index is 296. The lowest BCUT2D eigenvalue weighted by atomic mass is 10.0. The second kappa shape index (κ2) is 8.67. The van der Waals surface area contributed by atoms with Crippen LogP contribution >= 0.6 is 11.3 Å². The molecule has 1 aromatic rings. The van der Waals surface area contributed by atoms with Gasteiger partial charge in [-0.05, 0) is 29.9 Å². The molecule has 0 radical (unpaired) electrons. The fourth-order valence-electron chi connectivity index (χ4n) is 2.19. The summed E-state index contributed by atoms with van der Waals surface area (Å²) in [6, 6.07) is 2.58. The zero-order valence-electron chi connectivity index (χ0n) is 11.2. The number of rotatable bonds is 9. The first kappa shape index (κ1) is 14.7. The van der Waals surface area contributed by atoms with Crippen molar-refractivity contribution in [3.05, 3.63) is 21.9 Å². The van der Waals surface area contributed by atoms with E-state index in [9.17, 15) is 0 Å². The molecule has 0 aliphatic rings. The summed E-state index contributed by atoms with van der Waals surface area (Å²) in [4.78, 5) is 1.44. The average molecular weight is 254 g/mol. The number of nitrogens with two attached hydrogens (primary N) is 1. The number of hydrogen-bond acceptors (Lipinski definition) is 3. The van der Waals surface area contributed by atoms with E-state index in [0.717, 1.165) is 12.8 Å². The highest BCUT2D eigenvalue weighted by Gasteiger charge is 2.14. The van der Waals surface area contributed by atoms with E-state index < -0.39 is 0 Å². The fourth-order valence-corrected chi connectivity index (χ4v) is 3.28. The average Bonchev–Trinajstić information content (AvgIpc) is 2.82. The molecule has 17 heavy (non-hydrogen) atoms. The van der Waals surface area contributed by atoms with Crippen molar-refractivity contribution in [1.29, 1.82) is 0 Å². The standard InChI is InChI=1S/C14H26N2S/c1-3-5-6-7-8-9-13(16-15)14-12(4-2)10-11-17-14/h10-11,13,16H,3-9,15H2,1-2H3. The van der Waals surface area contributed by atoms with Gasteiger partial charge in [0.05, 0.1) is 6.04 Å². The summed E-state index contributed by atoms with van der Waals surface area (Å²) in [7, 11) is 0. The molecule has 2 nitrogen and oxygen atoms in total. The van der Waals surface area contributed by atoms with Crippen LogP contribution in [0.1, 0.15) is 68.9 Å². The van der Waals surface area contributed by atoms with Gasteiger partial charge in [-0.2, -0.15) is 0 Å². The Hall–Kier alpha value is -0.380. The minimum absolute atomic E-state index is 0.353. The molecular weight excluding hydrogens is 228 g/mol. The maximum absolute atomic E-state index is 5.69. The predicted octanol–water partition coefficient (Wildman–Crippen LogP) is 4.18. The molecule has 0 aromatic carbocycles. The van der Waals surface area contributed by atoms with Crippen LogP contribution < -0.4 is 11.3 Å². The topological polar surface area (TPSA) is 38.0 Å². The Morgan fingerprint density at radius 1 is 1.24 bits per heavy atom. The molecule has 0 saturated carbocycles. The van der Waals surface area contributed by atoms with Crippen LogP contribution in [0.4, 0.5) is 0 Å². The van der Waals surface area contributed by atoms with Crippen molar-refractivity contribution in [1.82, 2.24) is 5.43 Å². The zero-order valence-corrected chi connectivity index (χ0v) is 12.0. The summed E-state index contributed by atoms with van der Waals surface area (Å²) >= 11 is 1.83. The second-order valence-corrected chi connectivity index (χ2v) is 5.53. The van der Waals surface area contributed by atoms with Gasteiger partial charge in [-0.15, -0.1) is 11.3 Å². The van der Waals surface area contributed by atoms with Crippen molar-refractivity contribution in [3.63, 3.8) is 0 Å². The number of aryl methyl sites for hydroxylation is 1. The quantitative estimate of drug-likeness (QED) is 0.394. The summed E-state index contributed by atoms with van der Waals surface area (Å²) in [6.45, 7) is 4.46. The molecule has 0 amide bonds. The minimum Gasteiger partial charge on any atom is -0.271 e. The Morgan fingerprint density at radius 2 is 2.00 bits per heavy atom. The molecule has 0 spiro atoms. The third-order valence-corrected chi connectivity index (χ3v) is 4.35. The first-order valence-electron chi connectivity index (χ1n) is 6.85. The van der Waals surface area contributed by atoms with Crippen molar-refractivity contribution < 1.29 is 0 Å². The third kappa shape index (κ3) is 4.78. The lowest BCUT2D eigenvalue weighted by molar-refractivity contribution is 0.482. The Labute approximate surface area is 110 Å². The van der Waals surface area contributed by atoms with Gasteiger partial charge in [-0.3, -0.25) is 11.3 Å². The Kier molecular flexibility index (Phi) is 7.49. The summed E-state index contributed by atoms with van der Waals surface area (Å²) in [5.41, 5.74) is 4.43. The van der Waals surface area contributed by atoms with Crippen LogP contribution in [0.25, 0.3) is 0 Å². The van der Waals surface area contributed by atoms with Crippen LogP contribution in [0, 0.1) is 0 Å². The monoisotopic (exact) mass is 254 g/mol. The van der Waals surface area contributed by atoms with E-state index in [2.05, 4.69) is 30.7 Å². The smallest absolute Gasteiger partial charge is 0.0556 e. The lowest BCUT2D eigenvalue weighted by Crippen LogP contribution is -2.28. The zero-order chi connectivity index (χ0) is 12.5. The molecule has 3 heteroatoms. The van der Waals surface area contributed by atoms with Gasteiger partial charge in [-0.1, -0.05) is 46.0 Å². The highest BCUT2D eigenvalue weighted by Crippen LogP contribution is 2.28. The lowest BCUT2D eigenvalue weighted by Gasteiger charge is -2.16. The molecular formula is C14H26N2S. The molecule has 0 aliphatic heterocycles. The number of nitrogens with one attached hydrogen (secondary N) is 1. The van der Waals surface area contributed by atoms with Crippen molar-refractivity contribution in [2.45, 2.75) is 64.8 Å². The van der Waals surface area contributed by atoms with E-state index in [1.807, 2.05) is 11.3 Å². The molecule has 1 atom stereocenters. The molecule has 0 fully saturated rings. The normalized spacial score (nSPS) is 12.9. The third-order valence-electron chi connectivity index (χ3n) is 3.28. The van der Waals surface area contributed by atoms with Gasteiger partial charge in [0.15, 0.2) is 0 Å². The van der Waals surface area contributed by atoms with Crippen LogP contribution in [0.2, 0.25) is 0 Å². The van der Waals surface area contributed by atoms with E-state index in [1.165, 1.54) is 42.5 Å². The first-order valence-corrected chi connectivity index (χ1v) is 7.73. The number of hydrazine groups is 1. The molecule has 0 saturated heterocycles. The molecule has 98 valence electrons. The SMILES string of the molecule is CCCCCCCC(NN)c1sccc1CC. The molecule has 1 rings (SSSR count). The van der Waals surface area contributed by atoms with Crippen LogP contribution in [0.3, 0.4) is 0 Å². The van der Waals surface area contributed by atoms with Crippen molar-refractivity contribution >= 4 is 11.3 Å². The van der Waals surface area contributed by atoms with E-state index in [4.69, 9.17) is 5.84 Å². The largest absolute Gasteiger partial charge is 0.271 e.